The summed E-state index contributed by atoms with van der Waals surface area (Å²) < 4.78 is 27.2. The second kappa shape index (κ2) is 10.1. The third kappa shape index (κ3) is 5.55. The predicted molar refractivity (Wildman–Crippen MR) is 117 cm³/mol. The van der Waals surface area contributed by atoms with Crippen molar-refractivity contribution in [2.24, 2.45) is 0 Å². The molecule has 1 unspecified atom stereocenters. The molecule has 32 heavy (non-hydrogen) atoms. The Morgan fingerprint density at radius 2 is 1.84 bits per heavy atom. The van der Waals surface area contributed by atoms with E-state index in [0.717, 1.165) is 30.0 Å². The highest BCUT2D eigenvalue weighted by Gasteiger charge is 2.22. The maximum absolute atomic E-state index is 13.8. The molecule has 2 amide bonds. The minimum Gasteiger partial charge on any atom is -0.326 e. The van der Waals surface area contributed by atoms with Gasteiger partial charge in [-0.15, -0.1) is 10.2 Å². The van der Waals surface area contributed by atoms with E-state index in [-0.39, 0.29) is 22.4 Å². The second-order valence-electron chi connectivity index (χ2n) is 6.66. The van der Waals surface area contributed by atoms with Crippen LogP contribution >= 0.6 is 11.8 Å². The van der Waals surface area contributed by atoms with Crippen LogP contribution in [0.25, 0.3) is 11.3 Å². The molecule has 1 heterocycles. The van der Waals surface area contributed by atoms with Gasteiger partial charge in [-0.25, -0.2) is 8.78 Å². The number of carbonyl (C=O) groups excluding carboxylic acids is 2. The van der Waals surface area contributed by atoms with E-state index in [0.29, 0.717) is 17.7 Å². The third-order valence-corrected chi connectivity index (χ3v) is 5.51. The molecular weight excluding hydrogens is 440 g/mol. The molecule has 1 aromatic heterocycles. The molecule has 0 saturated heterocycles. The Kier molecular flexibility index (Phi) is 7.31. The van der Waals surface area contributed by atoms with Gasteiger partial charge in [-0.1, -0.05) is 36.9 Å². The number of halogens is 2. The monoisotopic (exact) mass is 459 g/mol. The summed E-state index contributed by atoms with van der Waals surface area (Å²) >= 11 is 0.932. The second-order valence-corrected chi connectivity index (χ2v) is 7.85. The lowest BCUT2D eigenvalue weighted by atomic mass is 10.1. The van der Waals surface area contributed by atoms with Gasteiger partial charge in [0.15, 0.2) is 10.9 Å². The van der Waals surface area contributed by atoms with Crippen molar-refractivity contribution in [3.8, 4) is 11.3 Å². The van der Waals surface area contributed by atoms with Crippen LogP contribution in [0.3, 0.4) is 0 Å². The van der Waals surface area contributed by atoms with Gasteiger partial charge in [0.25, 0.3) is 5.56 Å². The normalized spacial score (nSPS) is 11.6. The first-order valence-electron chi connectivity index (χ1n) is 9.55. The fourth-order valence-corrected chi connectivity index (χ4v) is 3.64. The van der Waals surface area contributed by atoms with Crippen LogP contribution in [0.5, 0.6) is 0 Å². The molecule has 0 radical (unpaired) electrons. The van der Waals surface area contributed by atoms with E-state index in [1.165, 1.54) is 6.92 Å². The van der Waals surface area contributed by atoms with Crippen molar-refractivity contribution in [3.05, 3.63) is 64.5 Å². The molecule has 3 aromatic rings. The molecule has 0 aliphatic heterocycles. The largest absolute Gasteiger partial charge is 0.326 e. The Hall–Kier alpha value is -3.60. The lowest BCUT2D eigenvalue weighted by molar-refractivity contribution is -0.116. The molecule has 0 aliphatic rings. The maximum Gasteiger partial charge on any atom is 0.278 e. The summed E-state index contributed by atoms with van der Waals surface area (Å²) in [6.45, 7) is 3.07. The number of nitrogens with one attached hydrogen (secondary N) is 3. The van der Waals surface area contributed by atoms with E-state index >= 15 is 0 Å². The highest BCUT2D eigenvalue weighted by atomic mass is 32.2. The molecule has 0 saturated carbocycles. The van der Waals surface area contributed by atoms with Gasteiger partial charge in [0.2, 0.25) is 11.8 Å². The van der Waals surface area contributed by atoms with Crippen LogP contribution in [0.2, 0.25) is 0 Å². The van der Waals surface area contributed by atoms with Gasteiger partial charge in [-0.2, -0.15) is 0 Å². The van der Waals surface area contributed by atoms with E-state index in [1.807, 2.05) is 0 Å². The molecule has 0 fully saturated rings. The van der Waals surface area contributed by atoms with Gasteiger partial charge in [-0.05, 0) is 24.6 Å². The fourth-order valence-electron chi connectivity index (χ4n) is 2.80. The fraction of sp³-hybridized carbons (Fsp3) is 0.190. The van der Waals surface area contributed by atoms with Crippen molar-refractivity contribution >= 4 is 35.0 Å². The lowest BCUT2D eigenvalue weighted by Gasteiger charge is -2.14. The number of amides is 2. The van der Waals surface area contributed by atoms with E-state index < -0.39 is 28.4 Å². The van der Waals surface area contributed by atoms with E-state index in [4.69, 9.17) is 0 Å². The van der Waals surface area contributed by atoms with Crippen molar-refractivity contribution in [3.63, 3.8) is 0 Å². The number of hydrogen-bond acceptors (Lipinski definition) is 6. The average molecular weight is 459 g/mol. The minimum atomic E-state index is -0.769. The summed E-state index contributed by atoms with van der Waals surface area (Å²) in [5, 5.41) is 12.2. The van der Waals surface area contributed by atoms with Crippen molar-refractivity contribution in [2.45, 2.75) is 30.7 Å². The Balaban J connectivity index is 1.80. The summed E-state index contributed by atoms with van der Waals surface area (Å²) in [4.78, 5) is 39.1. The molecule has 0 spiro atoms. The zero-order valence-electron chi connectivity index (χ0n) is 17.1. The van der Waals surface area contributed by atoms with Crippen LogP contribution < -0.4 is 16.2 Å². The molecule has 11 heteroatoms. The van der Waals surface area contributed by atoms with Gasteiger partial charge < -0.3 is 10.6 Å². The summed E-state index contributed by atoms with van der Waals surface area (Å²) in [7, 11) is 0. The minimum absolute atomic E-state index is 0.00182. The predicted octanol–water partition coefficient (Wildman–Crippen LogP) is 3.58. The number of anilines is 2. The average Bonchev–Trinajstić information content (AvgIpc) is 2.75. The number of H-pyrrole nitrogens is 1. The summed E-state index contributed by atoms with van der Waals surface area (Å²) in [5.41, 5.74) is -0.0502. The van der Waals surface area contributed by atoms with E-state index in [9.17, 15) is 23.2 Å². The van der Waals surface area contributed by atoms with Crippen LogP contribution in [0.15, 0.2) is 52.4 Å². The number of thioether (sulfide) groups is 1. The standard InChI is InChI=1S/C21H19F2N5O3S/c1-3-17(19(30)25-16-10-12(22)8-9-14(16)23)32-21-26-20(31)18(27-28-21)13-6-4-5-7-15(13)24-11(2)29/h4-10,17H,3H2,1-2H3,(H,24,29)(H,25,30)(H,26,28,31). The first-order valence-corrected chi connectivity index (χ1v) is 10.4. The van der Waals surface area contributed by atoms with Crippen LogP contribution in [0, 0.1) is 11.6 Å². The van der Waals surface area contributed by atoms with Gasteiger partial charge in [0.1, 0.15) is 11.6 Å². The van der Waals surface area contributed by atoms with Crippen molar-refractivity contribution in [1.29, 1.82) is 0 Å². The number of carbonyl (C=O) groups is 2. The highest BCUT2D eigenvalue weighted by molar-refractivity contribution is 8.00. The van der Waals surface area contributed by atoms with E-state index in [1.54, 1.807) is 31.2 Å². The molecule has 166 valence electrons. The molecular formula is C21H19F2N5O3S. The van der Waals surface area contributed by atoms with Gasteiger partial charge in [0.05, 0.1) is 16.6 Å². The van der Waals surface area contributed by atoms with Crippen LogP contribution in [0.4, 0.5) is 20.2 Å². The third-order valence-electron chi connectivity index (χ3n) is 4.27. The lowest BCUT2D eigenvalue weighted by Crippen LogP contribution is -2.26. The summed E-state index contributed by atoms with van der Waals surface area (Å²) in [5.74, 6) is -2.34. The number of hydrogen-bond donors (Lipinski definition) is 3. The summed E-state index contributed by atoms with van der Waals surface area (Å²) in [6, 6.07) is 9.38. The Labute approximate surface area is 185 Å². The quantitative estimate of drug-likeness (QED) is 0.465. The SMILES string of the molecule is CCC(Sc1nnc(-c2ccccc2NC(C)=O)c(=O)[nH]1)C(=O)Nc1cc(F)ccc1F. The smallest absolute Gasteiger partial charge is 0.278 e. The molecule has 8 nitrogen and oxygen atoms in total. The maximum atomic E-state index is 13.8. The number of para-hydroxylation sites is 1. The van der Waals surface area contributed by atoms with Crippen LogP contribution in [-0.2, 0) is 9.59 Å². The molecule has 2 aromatic carbocycles. The Bertz CT molecular complexity index is 1220. The number of benzene rings is 2. The molecule has 3 N–H and O–H groups in total. The zero-order chi connectivity index (χ0) is 23.3. The molecule has 3 rings (SSSR count). The summed E-state index contributed by atoms with van der Waals surface area (Å²) in [6.07, 6.45) is 0.324. The van der Waals surface area contributed by atoms with Crippen molar-refractivity contribution in [1.82, 2.24) is 15.2 Å². The Morgan fingerprint density at radius 3 is 2.53 bits per heavy atom. The van der Waals surface area contributed by atoms with Crippen molar-refractivity contribution in [2.75, 3.05) is 10.6 Å². The van der Waals surface area contributed by atoms with Gasteiger partial charge in [0, 0.05) is 18.6 Å². The van der Waals surface area contributed by atoms with Gasteiger partial charge in [-0.3, -0.25) is 19.4 Å². The highest BCUT2D eigenvalue weighted by Crippen LogP contribution is 2.26. The molecule has 1 atom stereocenters. The number of aromatic amines is 1. The van der Waals surface area contributed by atoms with Crippen molar-refractivity contribution < 1.29 is 18.4 Å². The number of aromatic nitrogens is 3. The van der Waals surface area contributed by atoms with Crippen LogP contribution in [-0.4, -0.2) is 32.2 Å². The van der Waals surface area contributed by atoms with Gasteiger partial charge >= 0.3 is 0 Å². The molecule has 0 bridgehead atoms. The topological polar surface area (TPSA) is 117 Å². The van der Waals surface area contributed by atoms with Crippen LogP contribution in [0.1, 0.15) is 20.3 Å². The molecule has 0 aliphatic carbocycles. The van der Waals surface area contributed by atoms with E-state index in [2.05, 4.69) is 25.8 Å². The zero-order valence-corrected chi connectivity index (χ0v) is 17.9. The number of rotatable bonds is 7. The first kappa shape index (κ1) is 23.1. The number of nitrogens with zero attached hydrogens (tertiary/aromatic N) is 2. The Morgan fingerprint density at radius 1 is 1.09 bits per heavy atom. The first-order chi connectivity index (χ1) is 15.3.